The standard InChI is InChI=1S/C14H29N/c1-12(2)11-14(7-6-10-15-14)9-8-13(3,4)5/h12,15H,6-11H2,1-5H3. The van der Waals surface area contributed by atoms with Crippen LogP contribution in [-0.2, 0) is 0 Å². The third kappa shape index (κ3) is 4.55. The summed E-state index contributed by atoms with van der Waals surface area (Å²) in [5.74, 6) is 0.815. The Bertz CT molecular complexity index is 182. The van der Waals surface area contributed by atoms with E-state index < -0.39 is 0 Å². The zero-order chi connectivity index (χ0) is 11.5. The van der Waals surface area contributed by atoms with Crippen molar-refractivity contribution in [2.24, 2.45) is 11.3 Å². The fourth-order valence-corrected chi connectivity index (χ4v) is 2.75. The summed E-state index contributed by atoms with van der Waals surface area (Å²) in [7, 11) is 0. The van der Waals surface area contributed by atoms with Gasteiger partial charge in [0.05, 0.1) is 0 Å². The molecule has 1 nitrogen and oxygen atoms in total. The maximum absolute atomic E-state index is 3.77. The van der Waals surface area contributed by atoms with Crippen molar-refractivity contribution in [1.29, 1.82) is 0 Å². The van der Waals surface area contributed by atoms with Crippen LogP contribution in [0, 0.1) is 11.3 Å². The predicted octanol–water partition coefficient (Wildman–Crippen LogP) is 3.98. The van der Waals surface area contributed by atoms with Crippen molar-refractivity contribution < 1.29 is 0 Å². The quantitative estimate of drug-likeness (QED) is 0.741. The largest absolute Gasteiger partial charge is 0.311 e. The third-order valence-corrected chi connectivity index (χ3v) is 3.48. The summed E-state index contributed by atoms with van der Waals surface area (Å²) in [5, 5.41) is 3.77. The minimum atomic E-state index is 0.474. The summed E-state index contributed by atoms with van der Waals surface area (Å²) in [6, 6.07) is 0. The Hall–Kier alpha value is -0.0400. The van der Waals surface area contributed by atoms with Crippen LogP contribution in [0.1, 0.15) is 66.7 Å². The van der Waals surface area contributed by atoms with Gasteiger partial charge in [-0.1, -0.05) is 34.6 Å². The molecular formula is C14H29N. The van der Waals surface area contributed by atoms with E-state index >= 15 is 0 Å². The Morgan fingerprint density at radius 2 is 1.93 bits per heavy atom. The lowest BCUT2D eigenvalue weighted by Gasteiger charge is -2.34. The first kappa shape index (κ1) is 13.0. The predicted molar refractivity (Wildman–Crippen MR) is 68.1 cm³/mol. The van der Waals surface area contributed by atoms with E-state index in [0.29, 0.717) is 11.0 Å². The van der Waals surface area contributed by atoms with Gasteiger partial charge >= 0.3 is 0 Å². The van der Waals surface area contributed by atoms with Gasteiger partial charge in [-0.3, -0.25) is 0 Å². The van der Waals surface area contributed by atoms with E-state index in [1.165, 1.54) is 38.6 Å². The topological polar surface area (TPSA) is 12.0 Å². The van der Waals surface area contributed by atoms with Crippen LogP contribution in [-0.4, -0.2) is 12.1 Å². The van der Waals surface area contributed by atoms with E-state index in [0.717, 1.165) is 5.92 Å². The van der Waals surface area contributed by atoms with Crippen molar-refractivity contribution in [2.45, 2.75) is 72.3 Å². The van der Waals surface area contributed by atoms with Gasteiger partial charge in [0, 0.05) is 5.54 Å². The van der Waals surface area contributed by atoms with E-state index in [1.54, 1.807) is 0 Å². The lowest BCUT2D eigenvalue weighted by molar-refractivity contribution is 0.235. The highest BCUT2D eigenvalue weighted by atomic mass is 15.0. The normalized spacial score (nSPS) is 27.6. The van der Waals surface area contributed by atoms with Crippen molar-refractivity contribution in [2.75, 3.05) is 6.54 Å². The summed E-state index contributed by atoms with van der Waals surface area (Å²) in [5.41, 5.74) is 0.954. The molecule has 1 fully saturated rings. The highest BCUT2D eigenvalue weighted by Gasteiger charge is 2.34. The molecule has 0 radical (unpaired) electrons. The lowest BCUT2D eigenvalue weighted by atomic mass is 9.78. The Kier molecular flexibility index (Phi) is 4.22. The van der Waals surface area contributed by atoms with Crippen LogP contribution in [0.5, 0.6) is 0 Å². The highest BCUT2D eigenvalue weighted by molar-refractivity contribution is 4.94. The molecule has 1 rings (SSSR count). The summed E-state index contributed by atoms with van der Waals surface area (Å²) < 4.78 is 0. The van der Waals surface area contributed by atoms with Crippen molar-refractivity contribution in [3.05, 3.63) is 0 Å². The molecule has 1 N–H and O–H groups in total. The first-order valence-corrected chi connectivity index (χ1v) is 6.58. The first-order valence-electron chi connectivity index (χ1n) is 6.58. The molecule has 1 unspecified atom stereocenters. The second-order valence-electron chi connectivity index (χ2n) is 6.97. The average Bonchev–Trinajstić information content (AvgIpc) is 2.48. The maximum Gasteiger partial charge on any atom is 0.0184 e. The summed E-state index contributed by atoms with van der Waals surface area (Å²) in [4.78, 5) is 0. The molecule has 1 heterocycles. The molecule has 1 aliphatic rings. The first-order chi connectivity index (χ1) is 6.83. The SMILES string of the molecule is CC(C)CC1(CCC(C)(C)C)CCCN1. The molecule has 1 aliphatic heterocycles. The van der Waals surface area contributed by atoms with Crippen molar-refractivity contribution in [3.8, 4) is 0 Å². The molecule has 1 heteroatoms. The average molecular weight is 211 g/mol. The molecule has 0 amide bonds. The molecule has 90 valence electrons. The number of hydrogen-bond acceptors (Lipinski definition) is 1. The Balaban J connectivity index is 2.50. The zero-order valence-electron chi connectivity index (χ0n) is 11.3. The van der Waals surface area contributed by atoms with Crippen molar-refractivity contribution in [3.63, 3.8) is 0 Å². The molecule has 0 aromatic rings. The highest BCUT2D eigenvalue weighted by Crippen LogP contribution is 2.35. The minimum absolute atomic E-state index is 0.474. The second kappa shape index (κ2) is 4.86. The molecule has 0 saturated carbocycles. The van der Waals surface area contributed by atoms with Gasteiger partial charge in [0.15, 0.2) is 0 Å². The monoisotopic (exact) mass is 211 g/mol. The molecule has 0 aromatic carbocycles. The molecule has 0 aromatic heterocycles. The zero-order valence-corrected chi connectivity index (χ0v) is 11.3. The van der Waals surface area contributed by atoms with E-state index in [1.807, 2.05) is 0 Å². The minimum Gasteiger partial charge on any atom is -0.311 e. The molecule has 1 atom stereocenters. The van der Waals surface area contributed by atoms with Gasteiger partial charge in [-0.2, -0.15) is 0 Å². The van der Waals surface area contributed by atoms with E-state index in [4.69, 9.17) is 0 Å². The van der Waals surface area contributed by atoms with E-state index in [2.05, 4.69) is 39.9 Å². The molecule has 0 aliphatic carbocycles. The van der Waals surface area contributed by atoms with Crippen LogP contribution in [0.25, 0.3) is 0 Å². The Labute approximate surface area is 96.0 Å². The Morgan fingerprint density at radius 1 is 1.27 bits per heavy atom. The van der Waals surface area contributed by atoms with Gasteiger partial charge in [0.2, 0.25) is 0 Å². The van der Waals surface area contributed by atoms with E-state index in [9.17, 15) is 0 Å². The van der Waals surface area contributed by atoms with Crippen LogP contribution < -0.4 is 5.32 Å². The summed E-state index contributed by atoms with van der Waals surface area (Å²) in [6.45, 7) is 13.0. The van der Waals surface area contributed by atoms with Gasteiger partial charge in [-0.15, -0.1) is 0 Å². The second-order valence-corrected chi connectivity index (χ2v) is 6.97. The van der Waals surface area contributed by atoms with E-state index in [-0.39, 0.29) is 0 Å². The number of nitrogens with one attached hydrogen (secondary N) is 1. The summed E-state index contributed by atoms with van der Waals surface area (Å²) >= 11 is 0. The van der Waals surface area contributed by atoms with Gasteiger partial charge < -0.3 is 5.32 Å². The third-order valence-electron chi connectivity index (χ3n) is 3.48. The van der Waals surface area contributed by atoms with Crippen LogP contribution in [0.4, 0.5) is 0 Å². The number of hydrogen-bond donors (Lipinski definition) is 1. The van der Waals surface area contributed by atoms with Gasteiger partial charge in [0.1, 0.15) is 0 Å². The molecule has 15 heavy (non-hydrogen) atoms. The molecule has 0 bridgehead atoms. The lowest BCUT2D eigenvalue weighted by Crippen LogP contribution is -2.41. The van der Waals surface area contributed by atoms with Gasteiger partial charge in [-0.05, 0) is 50.0 Å². The molecular weight excluding hydrogens is 182 g/mol. The molecule has 0 spiro atoms. The van der Waals surface area contributed by atoms with Crippen molar-refractivity contribution >= 4 is 0 Å². The van der Waals surface area contributed by atoms with Crippen LogP contribution >= 0.6 is 0 Å². The van der Waals surface area contributed by atoms with Crippen LogP contribution in [0.3, 0.4) is 0 Å². The van der Waals surface area contributed by atoms with Crippen molar-refractivity contribution in [1.82, 2.24) is 5.32 Å². The smallest absolute Gasteiger partial charge is 0.0184 e. The fraction of sp³-hybridized carbons (Fsp3) is 1.00. The molecule has 1 saturated heterocycles. The summed E-state index contributed by atoms with van der Waals surface area (Å²) in [6.07, 6.45) is 6.81. The number of rotatable bonds is 4. The van der Waals surface area contributed by atoms with Crippen LogP contribution in [0.2, 0.25) is 0 Å². The van der Waals surface area contributed by atoms with Crippen LogP contribution in [0.15, 0.2) is 0 Å². The maximum atomic E-state index is 3.77. The Morgan fingerprint density at radius 3 is 2.33 bits per heavy atom. The fourth-order valence-electron chi connectivity index (χ4n) is 2.75. The van der Waals surface area contributed by atoms with Gasteiger partial charge in [0.25, 0.3) is 0 Å². The van der Waals surface area contributed by atoms with Gasteiger partial charge in [-0.25, -0.2) is 0 Å².